The minimum Gasteiger partial charge on any atom is -0.329 e. The maximum Gasteiger partial charge on any atom is 0.124 e. The van der Waals surface area contributed by atoms with Crippen molar-refractivity contribution in [2.24, 2.45) is 0 Å². The summed E-state index contributed by atoms with van der Waals surface area (Å²) in [5.74, 6) is 1.23. The monoisotopic (exact) mass is 313 g/mol. The second-order valence-electron chi connectivity index (χ2n) is 2.95. The Morgan fingerprint density at radius 2 is 2.38 bits per heavy atom. The number of halogens is 2. The van der Waals surface area contributed by atoms with E-state index in [9.17, 15) is 0 Å². The normalized spacial score (nSPS) is 14.9. The molecular formula is C8H13ClIN3. The van der Waals surface area contributed by atoms with Gasteiger partial charge in [-0.05, 0) is 22.6 Å². The molecule has 0 fully saturated rings. The van der Waals surface area contributed by atoms with E-state index < -0.39 is 0 Å². The number of hydrogen-bond donors (Lipinski definition) is 1. The largest absolute Gasteiger partial charge is 0.329 e. The SMILES string of the molecule is CCc1nc(I)c2n1CCNC2.Cl. The van der Waals surface area contributed by atoms with Crippen molar-refractivity contribution in [2.45, 2.75) is 26.4 Å². The zero-order chi connectivity index (χ0) is 8.55. The Kier molecular flexibility index (Phi) is 4.00. The highest BCUT2D eigenvalue weighted by Gasteiger charge is 2.16. The van der Waals surface area contributed by atoms with Gasteiger partial charge in [0, 0.05) is 26.1 Å². The molecule has 1 N–H and O–H groups in total. The Bertz CT molecular complexity index is 298. The average Bonchev–Trinajstić information content (AvgIpc) is 2.44. The van der Waals surface area contributed by atoms with E-state index in [4.69, 9.17) is 0 Å². The second kappa shape index (κ2) is 4.61. The van der Waals surface area contributed by atoms with Crippen molar-refractivity contribution in [3.63, 3.8) is 0 Å². The Morgan fingerprint density at radius 1 is 1.62 bits per heavy atom. The van der Waals surface area contributed by atoms with Crippen LogP contribution in [0.2, 0.25) is 0 Å². The molecule has 2 heterocycles. The lowest BCUT2D eigenvalue weighted by molar-refractivity contribution is 0.501. The number of fused-ring (bicyclic) bond motifs is 1. The fourth-order valence-electron chi connectivity index (χ4n) is 1.61. The number of aromatic nitrogens is 2. The van der Waals surface area contributed by atoms with Crippen LogP contribution in [0.3, 0.4) is 0 Å². The Hall–Kier alpha value is 0.190. The van der Waals surface area contributed by atoms with Crippen LogP contribution in [0.25, 0.3) is 0 Å². The standard InChI is InChI=1S/C8H12IN3.ClH/c1-2-7-11-8(9)6-5-10-3-4-12(6)7;/h10H,2-5H2,1H3;1H. The van der Waals surface area contributed by atoms with E-state index in [0.29, 0.717) is 0 Å². The maximum atomic E-state index is 4.52. The number of nitrogens with one attached hydrogen (secondary N) is 1. The van der Waals surface area contributed by atoms with Gasteiger partial charge in [0.2, 0.25) is 0 Å². The first-order valence-electron chi connectivity index (χ1n) is 4.27. The summed E-state index contributed by atoms with van der Waals surface area (Å²) in [7, 11) is 0. The van der Waals surface area contributed by atoms with E-state index in [1.807, 2.05) is 0 Å². The lowest BCUT2D eigenvalue weighted by Gasteiger charge is -2.17. The van der Waals surface area contributed by atoms with Crippen molar-refractivity contribution in [3.8, 4) is 0 Å². The summed E-state index contributed by atoms with van der Waals surface area (Å²) >= 11 is 2.32. The third-order valence-electron chi connectivity index (χ3n) is 2.22. The van der Waals surface area contributed by atoms with Gasteiger partial charge in [0.15, 0.2) is 0 Å². The molecule has 1 aliphatic heterocycles. The third kappa shape index (κ3) is 1.99. The molecule has 13 heavy (non-hydrogen) atoms. The van der Waals surface area contributed by atoms with Crippen LogP contribution in [0.1, 0.15) is 18.4 Å². The van der Waals surface area contributed by atoms with Crippen LogP contribution in [0.5, 0.6) is 0 Å². The molecule has 1 aliphatic rings. The molecule has 0 aromatic carbocycles. The van der Waals surface area contributed by atoms with E-state index in [-0.39, 0.29) is 12.4 Å². The van der Waals surface area contributed by atoms with E-state index >= 15 is 0 Å². The molecule has 0 radical (unpaired) electrons. The topological polar surface area (TPSA) is 29.9 Å². The molecule has 0 aliphatic carbocycles. The summed E-state index contributed by atoms with van der Waals surface area (Å²) in [4.78, 5) is 4.52. The van der Waals surface area contributed by atoms with Gasteiger partial charge in [-0.1, -0.05) is 6.92 Å². The molecular weight excluding hydrogens is 300 g/mol. The lowest BCUT2D eigenvalue weighted by Crippen LogP contribution is -2.29. The summed E-state index contributed by atoms with van der Waals surface area (Å²) in [6.07, 6.45) is 1.04. The van der Waals surface area contributed by atoms with Crippen molar-refractivity contribution >= 4 is 35.0 Å². The molecule has 3 nitrogen and oxygen atoms in total. The van der Waals surface area contributed by atoms with Crippen LogP contribution in [0.4, 0.5) is 0 Å². The molecule has 0 atom stereocenters. The first-order chi connectivity index (χ1) is 5.83. The molecule has 1 aromatic rings. The maximum absolute atomic E-state index is 4.52. The zero-order valence-corrected chi connectivity index (χ0v) is 10.5. The van der Waals surface area contributed by atoms with Crippen LogP contribution in [-0.2, 0) is 19.5 Å². The van der Waals surface area contributed by atoms with Gasteiger partial charge in [0.1, 0.15) is 9.53 Å². The van der Waals surface area contributed by atoms with Crippen LogP contribution >= 0.6 is 35.0 Å². The molecule has 2 rings (SSSR count). The highest BCUT2D eigenvalue weighted by Crippen LogP contribution is 2.16. The predicted octanol–water partition coefficient (Wildman–Crippen LogP) is 1.58. The molecule has 0 spiro atoms. The van der Waals surface area contributed by atoms with Crippen molar-refractivity contribution in [1.82, 2.24) is 14.9 Å². The molecule has 0 saturated carbocycles. The molecule has 0 bridgehead atoms. The van der Waals surface area contributed by atoms with Gasteiger partial charge >= 0.3 is 0 Å². The van der Waals surface area contributed by atoms with Crippen LogP contribution in [-0.4, -0.2) is 16.1 Å². The predicted molar refractivity (Wildman–Crippen MR) is 63.3 cm³/mol. The molecule has 0 saturated heterocycles. The first kappa shape index (κ1) is 11.3. The summed E-state index contributed by atoms with van der Waals surface area (Å²) in [5, 5.41) is 3.35. The fraction of sp³-hybridized carbons (Fsp3) is 0.625. The summed E-state index contributed by atoms with van der Waals surface area (Å²) < 4.78 is 3.51. The van der Waals surface area contributed by atoms with Crippen molar-refractivity contribution in [3.05, 3.63) is 15.2 Å². The van der Waals surface area contributed by atoms with Gasteiger partial charge in [0.05, 0.1) is 5.69 Å². The fourth-order valence-corrected chi connectivity index (χ4v) is 2.37. The van der Waals surface area contributed by atoms with Crippen molar-refractivity contribution in [2.75, 3.05) is 6.54 Å². The summed E-state index contributed by atoms with van der Waals surface area (Å²) in [5.41, 5.74) is 1.36. The summed E-state index contributed by atoms with van der Waals surface area (Å²) in [6, 6.07) is 0. The average molecular weight is 314 g/mol. The zero-order valence-electron chi connectivity index (χ0n) is 7.51. The first-order valence-corrected chi connectivity index (χ1v) is 5.35. The Balaban J connectivity index is 0.000000845. The van der Waals surface area contributed by atoms with E-state index in [1.54, 1.807) is 0 Å². The third-order valence-corrected chi connectivity index (χ3v) is 3.09. The quantitative estimate of drug-likeness (QED) is 0.798. The molecule has 0 amide bonds. The number of nitrogens with zero attached hydrogens (tertiary/aromatic N) is 2. The minimum absolute atomic E-state index is 0. The molecule has 0 unspecified atom stereocenters. The highest BCUT2D eigenvalue weighted by atomic mass is 127. The van der Waals surface area contributed by atoms with Gasteiger partial charge in [-0.2, -0.15) is 0 Å². The van der Waals surface area contributed by atoms with Gasteiger partial charge in [-0.15, -0.1) is 12.4 Å². The van der Waals surface area contributed by atoms with Crippen molar-refractivity contribution in [1.29, 1.82) is 0 Å². The Morgan fingerprint density at radius 3 is 3.08 bits per heavy atom. The highest BCUT2D eigenvalue weighted by molar-refractivity contribution is 14.1. The summed E-state index contributed by atoms with van der Waals surface area (Å²) in [6.45, 7) is 5.29. The number of rotatable bonds is 1. The van der Waals surface area contributed by atoms with Gasteiger partial charge in [0.25, 0.3) is 0 Å². The Labute approximate surface area is 97.9 Å². The molecule has 5 heteroatoms. The van der Waals surface area contributed by atoms with Crippen LogP contribution < -0.4 is 5.32 Å². The minimum atomic E-state index is 0. The van der Waals surface area contributed by atoms with Crippen LogP contribution in [0, 0.1) is 3.70 Å². The van der Waals surface area contributed by atoms with Gasteiger partial charge in [-0.25, -0.2) is 4.98 Å². The van der Waals surface area contributed by atoms with Crippen LogP contribution in [0.15, 0.2) is 0 Å². The molecule has 74 valence electrons. The van der Waals surface area contributed by atoms with E-state index in [0.717, 1.165) is 29.8 Å². The van der Waals surface area contributed by atoms with Gasteiger partial charge < -0.3 is 9.88 Å². The number of hydrogen-bond acceptors (Lipinski definition) is 2. The lowest BCUT2D eigenvalue weighted by atomic mass is 10.3. The molecule has 1 aromatic heterocycles. The number of imidazole rings is 1. The van der Waals surface area contributed by atoms with E-state index in [1.165, 1.54) is 11.5 Å². The second-order valence-corrected chi connectivity index (χ2v) is 3.97. The van der Waals surface area contributed by atoms with E-state index in [2.05, 4.69) is 44.4 Å². The number of aryl methyl sites for hydroxylation is 1. The van der Waals surface area contributed by atoms with Crippen molar-refractivity contribution < 1.29 is 0 Å². The smallest absolute Gasteiger partial charge is 0.124 e. The van der Waals surface area contributed by atoms with Gasteiger partial charge in [-0.3, -0.25) is 0 Å².